The van der Waals surface area contributed by atoms with Crippen LogP contribution in [0.3, 0.4) is 0 Å². The normalized spacial score (nSPS) is 14.4. The molecule has 0 aliphatic heterocycles. The second-order valence-corrected chi connectivity index (χ2v) is 13.6. The molecule has 4 rings (SSSR count). The van der Waals surface area contributed by atoms with Crippen molar-refractivity contribution in [3.8, 4) is 0 Å². The van der Waals surface area contributed by atoms with Crippen molar-refractivity contribution in [1.82, 2.24) is 10.2 Å². The van der Waals surface area contributed by atoms with Crippen LogP contribution in [-0.2, 0) is 26.2 Å². The number of rotatable bonds is 11. The molecule has 224 valence electrons. The van der Waals surface area contributed by atoms with Gasteiger partial charge in [0.1, 0.15) is 12.6 Å². The molecule has 1 N–H and O–H groups in total. The number of amides is 2. The van der Waals surface area contributed by atoms with Crippen LogP contribution in [0.1, 0.15) is 50.2 Å². The minimum Gasteiger partial charge on any atom is -0.352 e. The SMILES string of the molecule is CC[C@H](C(=O)NC1CCCC1)N(Cc1ccccc1Cl)C(=O)CN(c1cc(Cl)cc(Cl)c1)S(=O)(=O)c1ccc(C)cc1. The smallest absolute Gasteiger partial charge is 0.264 e. The Bertz CT molecular complexity index is 1510. The average molecular weight is 651 g/mol. The van der Waals surface area contributed by atoms with Crippen LogP contribution >= 0.6 is 34.8 Å². The van der Waals surface area contributed by atoms with Gasteiger partial charge in [-0.1, -0.05) is 90.5 Å². The summed E-state index contributed by atoms with van der Waals surface area (Å²) in [7, 11) is -4.24. The molecule has 3 aromatic rings. The summed E-state index contributed by atoms with van der Waals surface area (Å²) < 4.78 is 29.0. The summed E-state index contributed by atoms with van der Waals surface area (Å²) in [4.78, 5) is 29.2. The number of sulfonamides is 1. The van der Waals surface area contributed by atoms with Crippen molar-refractivity contribution < 1.29 is 18.0 Å². The number of carbonyl (C=O) groups is 2. The highest BCUT2D eigenvalue weighted by atomic mass is 35.5. The molecule has 0 unspecified atom stereocenters. The highest BCUT2D eigenvalue weighted by Crippen LogP contribution is 2.31. The minimum atomic E-state index is -4.24. The van der Waals surface area contributed by atoms with Gasteiger partial charge in [-0.05, 0) is 68.1 Å². The summed E-state index contributed by atoms with van der Waals surface area (Å²) in [6.07, 6.45) is 4.18. The Labute approximate surface area is 262 Å². The molecular formula is C31H34Cl3N3O4S. The minimum absolute atomic E-state index is 0.000620. The largest absolute Gasteiger partial charge is 0.352 e. The Balaban J connectivity index is 1.75. The topological polar surface area (TPSA) is 86.8 Å². The van der Waals surface area contributed by atoms with E-state index in [-0.39, 0.29) is 39.1 Å². The fraction of sp³-hybridized carbons (Fsp3) is 0.355. The third-order valence-electron chi connectivity index (χ3n) is 7.41. The zero-order chi connectivity index (χ0) is 30.4. The molecule has 0 aromatic heterocycles. The van der Waals surface area contributed by atoms with Crippen LogP contribution in [0.25, 0.3) is 0 Å². The van der Waals surface area contributed by atoms with Gasteiger partial charge in [-0.15, -0.1) is 0 Å². The number of nitrogens with zero attached hydrogens (tertiary/aromatic N) is 2. The molecule has 0 heterocycles. The van der Waals surface area contributed by atoms with E-state index in [9.17, 15) is 18.0 Å². The molecule has 0 saturated heterocycles. The lowest BCUT2D eigenvalue weighted by molar-refractivity contribution is -0.140. The van der Waals surface area contributed by atoms with Crippen LogP contribution in [0, 0.1) is 6.92 Å². The van der Waals surface area contributed by atoms with Crippen LogP contribution in [0.5, 0.6) is 0 Å². The lowest BCUT2D eigenvalue weighted by atomic mass is 10.1. The van der Waals surface area contributed by atoms with Crippen LogP contribution in [0.4, 0.5) is 5.69 Å². The Morgan fingerprint density at radius 2 is 1.57 bits per heavy atom. The van der Waals surface area contributed by atoms with Gasteiger partial charge in [0.05, 0.1) is 10.6 Å². The first-order valence-corrected chi connectivity index (χ1v) is 16.5. The molecule has 2 amide bonds. The van der Waals surface area contributed by atoms with Crippen molar-refractivity contribution in [2.24, 2.45) is 0 Å². The number of nitrogens with one attached hydrogen (secondary N) is 1. The van der Waals surface area contributed by atoms with Crippen molar-refractivity contribution in [2.45, 2.75) is 69.5 Å². The zero-order valence-electron chi connectivity index (χ0n) is 23.5. The number of halogens is 3. The number of benzene rings is 3. The first-order chi connectivity index (χ1) is 20.0. The predicted molar refractivity (Wildman–Crippen MR) is 169 cm³/mol. The van der Waals surface area contributed by atoms with Gasteiger partial charge in [0.15, 0.2) is 0 Å². The molecular weight excluding hydrogens is 617 g/mol. The number of hydrogen-bond acceptors (Lipinski definition) is 4. The van der Waals surface area contributed by atoms with E-state index < -0.39 is 28.5 Å². The van der Waals surface area contributed by atoms with Crippen molar-refractivity contribution >= 4 is 62.3 Å². The third-order valence-corrected chi connectivity index (χ3v) is 10.0. The number of hydrogen-bond donors (Lipinski definition) is 1. The van der Waals surface area contributed by atoms with Gasteiger partial charge in [0.25, 0.3) is 10.0 Å². The fourth-order valence-electron chi connectivity index (χ4n) is 5.15. The summed E-state index contributed by atoms with van der Waals surface area (Å²) in [5.74, 6) is -0.848. The monoisotopic (exact) mass is 649 g/mol. The average Bonchev–Trinajstić information content (AvgIpc) is 3.45. The summed E-state index contributed by atoms with van der Waals surface area (Å²) in [6.45, 7) is 3.10. The Hall–Kier alpha value is -2.78. The lowest BCUT2D eigenvalue weighted by Gasteiger charge is -2.34. The van der Waals surface area contributed by atoms with Crippen molar-refractivity contribution in [2.75, 3.05) is 10.8 Å². The van der Waals surface area contributed by atoms with Gasteiger partial charge >= 0.3 is 0 Å². The van der Waals surface area contributed by atoms with E-state index in [2.05, 4.69) is 5.32 Å². The number of aryl methyl sites for hydroxylation is 1. The molecule has 0 spiro atoms. The molecule has 1 atom stereocenters. The zero-order valence-corrected chi connectivity index (χ0v) is 26.6. The van der Waals surface area contributed by atoms with E-state index in [4.69, 9.17) is 34.8 Å². The van der Waals surface area contributed by atoms with Gasteiger partial charge in [-0.2, -0.15) is 0 Å². The molecule has 42 heavy (non-hydrogen) atoms. The standard InChI is InChI=1S/C31H34Cl3N3O4S/c1-3-29(31(39)35-25-9-5-6-10-25)36(19-22-8-4-7-11-28(22)34)30(38)20-37(26-17-23(32)16-24(33)18-26)42(40,41)27-14-12-21(2)13-15-27/h4,7-8,11-18,25,29H,3,5-6,9-10,19-20H2,1-2H3,(H,35,39)/t29-/m1/s1. The Morgan fingerprint density at radius 3 is 2.17 bits per heavy atom. The maximum Gasteiger partial charge on any atom is 0.264 e. The van der Waals surface area contributed by atoms with E-state index in [1.54, 1.807) is 36.4 Å². The van der Waals surface area contributed by atoms with Gasteiger partial charge < -0.3 is 10.2 Å². The van der Waals surface area contributed by atoms with Crippen molar-refractivity contribution in [3.05, 3.63) is 92.9 Å². The molecule has 1 aliphatic carbocycles. The Kier molecular flexibility index (Phi) is 10.8. The molecule has 11 heteroatoms. The van der Waals surface area contributed by atoms with E-state index in [0.29, 0.717) is 17.0 Å². The predicted octanol–water partition coefficient (Wildman–Crippen LogP) is 7.02. The maximum atomic E-state index is 14.2. The van der Waals surface area contributed by atoms with Crippen LogP contribution in [0.15, 0.2) is 71.6 Å². The van der Waals surface area contributed by atoms with Gasteiger partial charge in [-0.3, -0.25) is 13.9 Å². The summed E-state index contributed by atoms with van der Waals surface area (Å²) in [6, 6.07) is 17.0. The van der Waals surface area contributed by atoms with Gasteiger partial charge in [0.2, 0.25) is 11.8 Å². The van der Waals surface area contributed by atoms with E-state index in [1.807, 2.05) is 13.8 Å². The number of anilines is 1. The Morgan fingerprint density at radius 1 is 0.952 bits per heavy atom. The lowest BCUT2D eigenvalue weighted by Crippen LogP contribution is -2.53. The number of carbonyl (C=O) groups excluding carboxylic acids is 2. The van der Waals surface area contributed by atoms with Gasteiger partial charge in [0, 0.05) is 27.7 Å². The van der Waals surface area contributed by atoms with Crippen LogP contribution in [0.2, 0.25) is 15.1 Å². The second-order valence-electron chi connectivity index (χ2n) is 10.5. The first kappa shape index (κ1) is 32.1. The fourth-order valence-corrected chi connectivity index (χ4v) is 7.25. The highest BCUT2D eigenvalue weighted by molar-refractivity contribution is 7.92. The molecule has 1 aliphatic rings. The van der Waals surface area contributed by atoms with Crippen molar-refractivity contribution in [3.63, 3.8) is 0 Å². The second kappa shape index (κ2) is 14.1. The van der Waals surface area contributed by atoms with Crippen molar-refractivity contribution in [1.29, 1.82) is 0 Å². The van der Waals surface area contributed by atoms with Crippen LogP contribution in [-0.4, -0.2) is 43.8 Å². The van der Waals surface area contributed by atoms with E-state index in [0.717, 1.165) is 35.6 Å². The molecule has 3 aromatic carbocycles. The van der Waals surface area contributed by atoms with Crippen LogP contribution < -0.4 is 9.62 Å². The third kappa shape index (κ3) is 7.78. The molecule has 7 nitrogen and oxygen atoms in total. The highest BCUT2D eigenvalue weighted by Gasteiger charge is 2.35. The molecule has 0 radical (unpaired) electrons. The molecule has 1 saturated carbocycles. The maximum absolute atomic E-state index is 14.2. The van der Waals surface area contributed by atoms with E-state index >= 15 is 0 Å². The molecule has 1 fully saturated rings. The molecule has 0 bridgehead atoms. The summed E-state index contributed by atoms with van der Waals surface area (Å²) in [5, 5.41) is 3.96. The van der Waals surface area contributed by atoms with E-state index in [1.165, 1.54) is 35.2 Å². The quantitative estimate of drug-likeness (QED) is 0.242. The summed E-state index contributed by atoms with van der Waals surface area (Å²) in [5.41, 5.74) is 1.65. The van der Waals surface area contributed by atoms with Gasteiger partial charge in [-0.25, -0.2) is 8.42 Å². The summed E-state index contributed by atoms with van der Waals surface area (Å²) >= 11 is 19.0. The first-order valence-electron chi connectivity index (χ1n) is 13.9.